The highest BCUT2D eigenvalue weighted by Gasteiger charge is 2.56. The molecular weight excluding hydrogens is 258 g/mol. The van der Waals surface area contributed by atoms with Gasteiger partial charge >= 0.3 is 0 Å². The number of nitrogens with zero attached hydrogens (tertiary/aromatic N) is 3. The standard InChI is InChI=1S/C18H23N3/c1-12(2)18-16-10-21(11-17(16)18)15-6-4-13(5-7-15)14-8-19-20(3)9-14/h4-9,12,16-18H,10-11H2,1-3H3. The number of hydrogen-bond donors (Lipinski definition) is 0. The quantitative estimate of drug-likeness (QED) is 0.859. The molecule has 2 unspecified atom stereocenters. The first-order chi connectivity index (χ1) is 10.1. The second kappa shape index (κ2) is 4.62. The van der Waals surface area contributed by atoms with Gasteiger partial charge in [-0.05, 0) is 41.4 Å². The molecule has 1 aliphatic carbocycles. The van der Waals surface area contributed by atoms with E-state index in [1.807, 2.05) is 17.9 Å². The molecule has 1 aromatic heterocycles. The number of aromatic nitrogens is 2. The molecule has 21 heavy (non-hydrogen) atoms. The molecule has 0 bridgehead atoms. The van der Waals surface area contributed by atoms with E-state index < -0.39 is 0 Å². The van der Waals surface area contributed by atoms with Crippen LogP contribution in [0.4, 0.5) is 5.69 Å². The van der Waals surface area contributed by atoms with Crippen LogP contribution >= 0.6 is 0 Å². The molecule has 2 heterocycles. The maximum absolute atomic E-state index is 4.24. The van der Waals surface area contributed by atoms with Crippen molar-refractivity contribution in [3.63, 3.8) is 0 Å². The van der Waals surface area contributed by atoms with E-state index in [1.165, 1.54) is 29.9 Å². The fourth-order valence-corrected chi connectivity index (χ4v) is 4.21. The van der Waals surface area contributed by atoms with Gasteiger partial charge in [-0.25, -0.2) is 0 Å². The van der Waals surface area contributed by atoms with Gasteiger partial charge in [-0.3, -0.25) is 4.68 Å². The lowest BCUT2D eigenvalue weighted by Gasteiger charge is -2.23. The highest BCUT2D eigenvalue weighted by molar-refractivity contribution is 5.65. The lowest BCUT2D eigenvalue weighted by Crippen LogP contribution is -2.24. The fraction of sp³-hybridized carbons (Fsp3) is 0.500. The highest BCUT2D eigenvalue weighted by atomic mass is 15.2. The van der Waals surface area contributed by atoms with Crippen molar-refractivity contribution in [1.82, 2.24) is 9.78 Å². The third kappa shape index (κ3) is 2.15. The Morgan fingerprint density at radius 1 is 1.05 bits per heavy atom. The number of hydrogen-bond acceptors (Lipinski definition) is 2. The molecule has 3 heteroatoms. The molecule has 0 radical (unpaired) electrons. The zero-order valence-corrected chi connectivity index (χ0v) is 13.0. The van der Waals surface area contributed by atoms with Crippen LogP contribution in [0, 0.1) is 23.7 Å². The molecule has 1 aliphatic heterocycles. The molecule has 0 spiro atoms. The molecule has 4 rings (SSSR count). The van der Waals surface area contributed by atoms with Crippen LogP contribution in [0.5, 0.6) is 0 Å². The first kappa shape index (κ1) is 12.9. The second-order valence-corrected chi connectivity index (χ2v) is 7.00. The van der Waals surface area contributed by atoms with Crippen molar-refractivity contribution < 1.29 is 0 Å². The van der Waals surface area contributed by atoms with Gasteiger partial charge in [0.1, 0.15) is 0 Å². The zero-order valence-electron chi connectivity index (χ0n) is 13.0. The Hall–Kier alpha value is -1.77. The van der Waals surface area contributed by atoms with Crippen molar-refractivity contribution in [3.05, 3.63) is 36.7 Å². The largest absolute Gasteiger partial charge is 0.371 e. The zero-order chi connectivity index (χ0) is 14.6. The van der Waals surface area contributed by atoms with Crippen LogP contribution < -0.4 is 4.90 Å². The number of anilines is 1. The summed E-state index contributed by atoms with van der Waals surface area (Å²) in [6.45, 7) is 7.24. The molecule has 2 aliphatic rings. The van der Waals surface area contributed by atoms with E-state index >= 15 is 0 Å². The Balaban J connectivity index is 1.46. The summed E-state index contributed by atoms with van der Waals surface area (Å²) in [6.07, 6.45) is 3.99. The summed E-state index contributed by atoms with van der Waals surface area (Å²) in [4.78, 5) is 2.56. The fourth-order valence-electron chi connectivity index (χ4n) is 4.21. The van der Waals surface area contributed by atoms with E-state index in [0.717, 1.165) is 23.7 Å². The maximum Gasteiger partial charge on any atom is 0.0568 e. The van der Waals surface area contributed by atoms with Gasteiger partial charge in [0.25, 0.3) is 0 Å². The van der Waals surface area contributed by atoms with Crippen LogP contribution in [0.2, 0.25) is 0 Å². The Kier molecular flexibility index (Phi) is 2.84. The third-order valence-electron chi connectivity index (χ3n) is 5.30. The Bertz CT molecular complexity index is 629. The molecule has 2 fully saturated rings. The molecule has 1 saturated heterocycles. The predicted octanol–water partition coefficient (Wildman–Crippen LogP) is 3.43. The van der Waals surface area contributed by atoms with Gasteiger partial charge in [0.05, 0.1) is 6.20 Å². The third-order valence-corrected chi connectivity index (χ3v) is 5.30. The lowest BCUT2D eigenvalue weighted by molar-refractivity contribution is 0.480. The minimum absolute atomic E-state index is 0.857. The van der Waals surface area contributed by atoms with Gasteiger partial charge in [-0.2, -0.15) is 5.10 Å². The lowest BCUT2D eigenvalue weighted by atomic mass is 10.0. The van der Waals surface area contributed by atoms with E-state index in [2.05, 4.69) is 54.3 Å². The molecule has 1 saturated carbocycles. The van der Waals surface area contributed by atoms with Crippen LogP contribution in [0.3, 0.4) is 0 Å². The topological polar surface area (TPSA) is 21.1 Å². The Labute approximate surface area is 126 Å². The van der Waals surface area contributed by atoms with Crippen LogP contribution in [-0.4, -0.2) is 22.9 Å². The average molecular weight is 281 g/mol. The molecule has 1 aromatic carbocycles. The van der Waals surface area contributed by atoms with Gasteiger partial charge in [0.15, 0.2) is 0 Å². The van der Waals surface area contributed by atoms with Gasteiger partial charge in [0, 0.05) is 37.6 Å². The smallest absolute Gasteiger partial charge is 0.0568 e. The molecule has 2 atom stereocenters. The Morgan fingerprint density at radius 2 is 1.71 bits per heavy atom. The molecular formula is C18H23N3. The van der Waals surface area contributed by atoms with E-state index in [1.54, 1.807) is 0 Å². The summed E-state index contributed by atoms with van der Waals surface area (Å²) in [6, 6.07) is 8.96. The summed E-state index contributed by atoms with van der Waals surface area (Å²) in [7, 11) is 1.96. The first-order valence-electron chi connectivity index (χ1n) is 7.97. The number of rotatable bonds is 3. The van der Waals surface area contributed by atoms with Crippen molar-refractivity contribution in [2.75, 3.05) is 18.0 Å². The van der Waals surface area contributed by atoms with Gasteiger partial charge in [-0.1, -0.05) is 26.0 Å². The average Bonchev–Trinajstić information content (AvgIpc) is 2.83. The second-order valence-electron chi connectivity index (χ2n) is 7.00. The summed E-state index contributed by atoms with van der Waals surface area (Å²) < 4.78 is 1.85. The predicted molar refractivity (Wildman–Crippen MR) is 86.2 cm³/mol. The molecule has 3 nitrogen and oxygen atoms in total. The van der Waals surface area contributed by atoms with E-state index in [0.29, 0.717) is 0 Å². The molecule has 2 aromatic rings. The van der Waals surface area contributed by atoms with Crippen molar-refractivity contribution in [1.29, 1.82) is 0 Å². The van der Waals surface area contributed by atoms with E-state index in [-0.39, 0.29) is 0 Å². The normalized spacial score (nSPS) is 27.2. The SMILES string of the molecule is CC(C)C1C2CN(c3ccc(-c4cnn(C)c4)cc3)CC21. The monoisotopic (exact) mass is 281 g/mol. The van der Waals surface area contributed by atoms with Crippen LogP contribution in [0.15, 0.2) is 36.7 Å². The maximum atomic E-state index is 4.24. The molecule has 0 amide bonds. The van der Waals surface area contributed by atoms with E-state index in [4.69, 9.17) is 0 Å². The highest BCUT2D eigenvalue weighted by Crippen LogP contribution is 2.56. The summed E-state index contributed by atoms with van der Waals surface area (Å²) in [5.74, 6) is 3.73. The molecule has 110 valence electrons. The minimum atomic E-state index is 0.857. The van der Waals surface area contributed by atoms with Crippen molar-refractivity contribution >= 4 is 5.69 Å². The number of benzene rings is 1. The number of aryl methyl sites for hydroxylation is 1. The van der Waals surface area contributed by atoms with Crippen molar-refractivity contribution in [2.45, 2.75) is 13.8 Å². The van der Waals surface area contributed by atoms with Crippen LogP contribution in [-0.2, 0) is 7.05 Å². The Morgan fingerprint density at radius 3 is 2.24 bits per heavy atom. The van der Waals surface area contributed by atoms with Crippen LogP contribution in [0.25, 0.3) is 11.1 Å². The van der Waals surface area contributed by atoms with Gasteiger partial charge in [0.2, 0.25) is 0 Å². The first-order valence-corrected chi connectivity index (χ1v) is 7.97. The van der Waals surface area contributed by atoms with Crippen molar-refractivity contribution in [3.8, 4) is 11.1 Å². The van der Waals surface area contributed by atoms with Crippen LogP contribution in [0.1, 0.15) is 13.8 Å². The van der Waals surface area contributed by atoms with Gasteiger partial charge in [-0.15, -0.1) is 0 Å². The summed E-state index contributed by atoms with van der Waals surface area (Å²) >= 11 is 0. The molecule has 0 N–H and O–H groups in total. The summed E-state index contributed by atoms with van der Waals surface area (Å²) in [5.41, 5.74) is 3.81. The summed E-state index contributed by atoms with van der Waals surface area (Å²) in [5, 5.41) is 4.24. The minimum Gasteiger partial charge on any atom is -0.371 e. The van der Waals surface area contributed by atoms with Gasteiger partial charge < -0.3 is 4.90 Å². The van der Waals surface area contributed by atoms with Crippen molar-refractivity contribution in [2.24, 2.45) is 30.7 Å². The number of fused-ring (bicyclic) bond motifs is 1. The van der Waals surface area contributed by atoms with E-state index in [9.17, 15) is 0 Å². The number of piperidine rings is 1.